The van der Waals surface area contributed by atoms with Crippen molar-refractivity contribution in [1.29, 1.82) is 0 Å². The number of fused-ring (bicyclic) bond motifs is 5. The summed E-state index contributed by atoms with van der Waals surface area (Å²) in [4.78, 5) is 12.5. The van der Waals surface area contributed by atoms with E-state index in [1.165, 1.54) is 44.1 Å². The number of hydrogen-bond acceptors (Lipinski definition) is 1. The van der Waals surface area contributed by atoms with Crippen LogP contribution >= 0.6 is 0 Å². The molecule has 0 heterocycles. The van der Waals surface area contributed by atoms with Gasteiger partial charge < -0.3 is 5.11 Å². The molecule has 0 spiro atoms. The number of carboxylic acid groups (broad SMARTS) is 1. The molecule has 4 fully saturated rings. The van der Waals surface area contributed by atoms with E-state index < -0.39 is 11.4 Å². The minimum atomic E-state index is -0.514. The lowest BCUT2D eigenvalue weighted by atomic mass is 9.37. The quantitative estimate of drug-likeness (QED) is 0.559. The fraction of sp³-hybridized carbons (Fsp3) is 0.880. The molecule has 4 rings (SSSR count). The molecule has 0 radical (unpaired) electrons. The van der Waals surface area contributed by atoms with Crippen LogP contribution < -0.4 is 0 Å². The third-order valence-corrected chi connectivity index (χ3v) is 10.7. The fourth-order valence-corrected chi connectivity index (χ4v) is 8.71. The van der Waals surface area contributed by atoms with Gasteiger partial charge in [0, 0.05) is 0 Å². The summed E-state index contributed by atoms with van der Waals surface area (Å²) in [7, 11) is 0. The lowest BCUT2D eigenvalue weighted by molar-refractivity contribution is -0.194. The molecular formula is C25H40O2. The van der Waals surface area contributed by atoms with Crippen LogP contribution in [0.25, 0.3) is 0 Å². The molecule has 1 N–H and O–H groups in total. The average Bonchev–Trinajstić information content (AvgIpc) is 3.03. The highest BCUT2D eigenvalue weighted by Crippen LogP contribution is 2.73. The number of hydrogen-bond donors (Lipinski definition) is 1. The van der Waals surface area contributed by atoms with Crippen LogP contribution in [-0.4, -0.2) is 11.1 Å². The lowest BCUT2D eigenvalue weighted by Crippen LogP contribution is -2.61. The van der Waals surface area contributed by atoms with Gasteiger partial charge in [-0.3, -0.25) is 4.79 Å². The molecule has 0 aromatic carbocycles. The van der Waals surface area contributed by atoms with E-state index in [1.54, 1.807) is 0 Å². The highest BCUT2D eigenvalue weighted by atomic mass is 16.4. The maximum atomic E-state index is 12.5. The van der Waals surface area contributed by atoms with Crippen LogP contribution in [0.5, 0.6) is 0 Å². The summed E-state index contributed by atoms with van der Waals surface area (Å²) in [6.45, 7) is 14.0. The molecule has 2 nitrogen and oxygen atoms in total. The first-order valence-corrected chi connectivity index (χ1v) is 11.6. The molecule has 4 unspecified atom stereocenters. The Kier molecular flexibility index (Phi) is 4.60. The topological polar surface area (TPSA) is 37.3 Å². The van der Waals surface area contributed by atoms with Gasteiger partial charge in [-0.15, -0.1) is 0 Å². The minimum absolute atomic E-state index is 0.302. The molecule has 0 aromatic rings. The van der Waals surface area contributed by atoms with Crippen molar-refractivity contribution in [2.75, 3.05) is 0 Å². The van der Waals surface area contributed by atoms with Crippen molar-refractivity contribution in [3.05, 3.63) is 12.2 Å². The summed E-state index contributed by atoms with van der Waals surface area (Å²) in [5, 5.41) is 10.3. The van der Waals surface area contributed by atoms with Crippen LogP contribution in [0.15, 0.2) is 12.2 Å². The maximum absolute atomic E-state index is 12.5. The number of allylic oxidation sites excluding steroid dienone is 1. The maximum Gasteiger partial charge on any atom is 0.309 e. The van der Waals surface area contributed by atoms with Crippen LogP contribution in [-0.2, 0) is 4.79 Å². The van der Waals surface area contributed by atoms with Gasteiger partial charge in [0.05, 0.1) is 5.41 Å². The van der Waals surface area contributed by atoms with Gasteiger partial charge in [-0.05, 0) is 105 Å². The molecule has 0 aromatic heterocycles. The predicted octanol–water partition coefficient (Wildman–Crippen LogP) is 6.70. The van der Waals surface area contributed by atoms with E-state index in [2.05, 4.69) is 34.3 Å². The zero-order chi connectivity index (χ0) is 19.6. The standard InChI is InChI=1S/C25H40O2/c1-6-17-9-11-23(4)18(15-17)7-8-20-21-19(16(2)3)10-12-25(21,22(26)27)14-13-24(20,23)5/h17-21H,2,6-15H2,1,3-5H3,(H,26,27)/t17?,18?,19-,20?,21?,23+,24+,25-/m0/s1. The molecule has 2 heteroatoms. The monoisotopic (exact) mass is 372 g/mol. The second kappa shape index (κ2) is 6.36. The smallest absolute Gasteiger partial charge is 0.309 e. The minimum Gasteiger partial charge on any atom is -0.481 e. The Labute approximate surface area is 166 Å². The third kappa shape index (κ3) is 2.47. The van der Waals surface area contributed by atoms with Gasteiger partial charge in [0.2, 0.25) is 0 Å². The third-order valence-electron chi connectivity index (χ3n) is 10.7. The zero-order valence-electron chi connectivity index (χ0n) is 18.0. The van der Waals surface area contributed by atoms with Crippen LogP contribution in [0, 0.1) is 45.8 Å². The number of carboxylic acids is 1. The Morgan fingerprint density at radius 3 is 2.41 bits per heavy atom. The van der Waals surface area contributed by atoms with Gasteiger partial charge in [0.25, 0.3) is 0 Å². The van der Waals surface area contributed by atoms with Crippen molar-refractivity contribution in [2.24, 2.45) is 45.8 Å². The lowest BCUT2D eigenvalue weighted by Gasteiger charge is -2.67. The summed E-state index contributed by atoms with van der Waals surface area (Å²) >= 11 is 0. The van der Waals surface area contributed by atoms with Crippen molar-refractivity contribution in [2.45, 2.75) is 91.9 Å². The van der Waals surface area contributed by atoms with Crippen molar-refractivity contribution >= 4 is 5.97 Å². The second-order valence-corrected chi connectivity index (χ2v) is 11.2. The molecule has 0 aliphatic heterocycles. The Hall–Kier alpha value is -0.790. The van der Waals surface area contributed by atoms with Crippen LogP contribution in [0.4, 0.5) is 0 Å². The normalized spacial score (nSPS) is 51.8. The predicted molar refractivity (Wildman–Crippen MR) is 110 cm³/mol. The number of carbonyl (C=O) groups is 1. The first kappa shape index (κ1) is 19.5. The summed E-state index contributed by atoms with van der Waals surface area (Å²) in [5.74, 6) is 2.54. The SMILES string of the molecule is C=C(C)[C@@H]1CC[C@]2(C(=O)O)CC[C@]3(C)C(CCC4CC(CC)CC[C@]43C)C12. The van der Waals surface area contributed by atoms with Crippen LogP contribution in [0.1, 0.15) is 91.9 Å². The van der Waals surface area contributed by atoms with Gasteiger partial charge in [0.1, 0.15) is 0 Å². The first-order chi connectivity index (χ1) is 12.7. The Balaban J connectivity index is 1.74. The molecule has 0 bridgehead atoms. The van der Waals surface area contributed by atoms with E-state index >= 15 is 0 Å². The van der Waals surface area contributed by atoms with Crippen molar-refractivity contribution in [3.8, 4) is 0 Å². The Bertz CT molecular complexity index is 638. The van der Waals surface area contributed by atoms with E-state index in [0.717, 1.165) is 37.5 Å². The summed E-state index contributed by atoms with van der Waals surface area (Å²) in [5.41, 5.74) is 1.46. The summed E-state index contributed by atoms with van der Waals surface area (Å²) in [6, 6.07) is 0. The second-order valence-electron chi connectivity index (χ2n) is 11.2. The van der Waals surface area contributed by atoms with Crippen molar-refractivity contribution < 1.29 is 9.90 Å². The highest BCUT2D eigenvalue weighted by molar-refractivity contribution is 5.76. The van der Waals surface area contributed by atoms with E-state index in [4.69, 9.17) is 0 Å². The van der Waals surface area contributed by atoms with E-state index in [1.807, 2.05) is 0 Å². The van der Waals surface area contributed by atoms with E-state index in [9.17, 15) is 9.90 Å². The molecule has 152 valence electrons. The molecular weight excluding hydrogens is 332 g/mol. The van der Waals surface area contributed by atoms with Gasteiger partial charge in [-0.2, -0.15) is 0 Å². The Morgan fingerprint density at radius 2 is 1.78 bits per heavy atom. The van der Waals surface area contributed by atoms with E-state index in [0.29, 0.717) is 28.6 Å². The largest absolute Gasteiger partial charge is 0.481 e. The number of aliphatic carboxylic acids is 1. The molecule has 0 amide bonds. The van der Waals surface area contributed by atoms with Gasteiger partial charge in [0.15, 0.2) is 0 Å². The summed E-state index contributed by atoms with van der Waals surface area (Å²) < 4.78 is 0. The molecule has 4 saturated carbocycles. The van der Waals surface area contributed by atoms with Gasteiger partial charge >= 0.3 is 5.97 Å². The zero-order valence-corrected chi connectivity index (χ0v) is 18.0. The highest BCUT2D eigenvalue weighted by Gasteiger charge is 2.68. The van der Waals surface area contributed by atoms with Gasteiger partial charge in [-0.1, -0.05) is 39.3 Å². The average molecular weight is 373 g/mol. The molecule has 4 aliphatic carbocycles. The van der Waals surface area contributed by atoms with Crippen molar-refractivity contribution in [3.63, 3.8) is 0 Å². The fourth-order valence-electron chi connectivity index (χ4n) is 8.71. The van der Waals surface area contributed by atoms with E-state index in [-0.39, 0.29) is 0 Å². The first-order valence-electron chi connectivity index (χ1n) is 11.6. The molecule has 8 atom stereocenters. The molecule has 0 saturated heterocycles. The Morgan fingerprint density at radius 1 is 1.04 bits per heavy atom. The molecule has 27 heavy (non-hydrogen) atoms. The van der Waals surface area contributed by atoms with Crippen LogP contribution in [0.2, 0.25) is 0 Å². The number of rotatable bonds is 3. The van der Waals surface area contributed by atoms with Crippen molar-refractivity contribution in [1.82, 2.24) is 0 Å². The van der Waals surface area contributed by atoms with Gasteiger partial charge in [-0.25, -0.2) is 0 Å². The van der Waals surface area contributed by atoms with Crippen LogP contribution in [0.3, 0.4) is 0 Å². The summed E-state index contributed by atoms with van der Waals surface area (Å²) in [6.07, 6.45) is 12.0. The molecule has 4 aliphatic rings.